The number of nitrogen functional groups attached to an aromatic ring is 1. The summed E-state index contributed by atoms with van der Waals surface area (Å²) in [5.74, 6) is -1.88. The molecule has 10 aromatic heterocycles. The Labute approximate surface area is 435 Å². The van der Waals surface area contributed by atoms with Crippen LogP contribution >= 0.6 is 54.5 Å². The van der Waals surface area contributed by atoms with Crippen LogP contribution < -0.4 is 16.0 Å². The van der Waals surface area contributed by atoms with Gasteiger partial charge in [0.05, 0.1) is 34.9 Å². The number of hydrogen-bond acceptors (Lipinski definition) is 20. The smallest absolute Gasteiger partial charge is 0.382 e. The SMILES string of the molecule is FC(F)(F)c1nc(-c2ccc(CBr)s2)no1.Fc1ccnc(Br)c1.Fc1ccnc(N(Cc2ccc(-c3noc(C(F)(F)F)n3)s2)c2cnccn2)c1.Fc1ccnc(Nc2cnccn2)c1.Nc1cnccn1. The second kappa shape index (κ2) is 26.7. The molecular formula is C43H29Br2F9N16O2S2. The minimum absolute atomic E-state index is 0.0375. The first-order chi connectivity index (χ1) is 35.4. The zero-order valence-corrected chi connectivity index (χ0v) is 41.5. The predicted octanol–water partition coefficient (Wildman–Crippen LogP) is 12.0. The summed E-state index contributed by atoms with van der Waals surface area (Å²) in [5.41, 5.74) is 5.18. The van der Waals surface area contributed by atoms with Gasteiger partial charge in [-0.3, -0.25) is 15.0 Å². The monoisotopic (exact) mass is 1190 g/mol. The van der Waals surface area contributed by atoms with Crippen molar-refractivity contribution in [1.29, 1.82) is 0 Å². The summed E-state index contributed by atoms with van der Waals surface area (Å²) < 4.78 is 122. The maximum absolute atomic E-state index is 13.7. The molecule has 0 aliphatic rings. The van der Waals surface area contributed by atoms with Crippen LogP contribution in [0.2, 0.25) is 0 Å². The maximum atomic E-state index is 13.7. The average molecular weight is 1200 g/mol. The molecule has 31 heteroatoms. The Morgan fingerprint density at radius 3 is 1.51 bits per heavy atom. The zero-order valence-electron chi connectivity index (χ0n) is 36.7. The van der Waals surface area contributed by atoms with Gasteiger partial charge in [-0.2, -0.15) is 36.3 Å². The van der Waals surface area contributed by atoms with Crippen LogP contribution in [0.15, 0.2) is 149 Å². The van der Waals surface area contributed by atoms with E-state index in [1.807, 2.05) is 0 Å². The van der Waals surface area contributed by atoms with Crippen LogP contribution in [0.5, 0.6) is 0 Å². The van der Waals surface area contributed by atoms with E-state index in [-0.39, 0.29) is 29.8 Å². The molecule has 74 heavy (non-hydrogen) atoms. The van der Waals surface area contributed by atoms with Gasteiger partial charge >= 0.3 is 24.1 Å². The summed E-state index contributed by atoms with van der Waals surface area (Å²) in [6.45, 7) is 0.226. The minimum atomic E-state index is -4.71. The third kappa shape index (κ3) is 17.7. The minimum Gasteiger partial charge on any atom is -0.382 e. The lowest BCUT2D eigenvalue weighted by Gasteiger charge is -2.21. The summed E-state index contributed by atoms with van der Waals surface area (Å²) in [7, 11) is 0. The molecule has 0 aromatic carbocycles. The van der Waals surface area contributed by atoms with Crippen molar-refractivity contribution in [1.82, 2.24) is 65.1 Å². The standard InChI is InChI=1S/C17H10F4N6OS.C9H7FN4.C8H4BrF3N2OS.C5H3BrFN.C4H5N3/c18-10-3-4-23-13(7-10)27(14-8-22-5-6-24-14)9-11-1-2-12(29-11)15-25-16(28-26-15)17(19,20)21;10-7-1-2-12-8(5-7)14-9-6-11-3-4-13-9;9-3-4-1-2-5(16-4)6-13-7(15-14-6)8(10,11)12;6-5-3-4(7)1-2-8-5;5-4-3-6-1-2-7-4/h1-8H,9H2;1-6H,(H,12,13,14);1-2H,3H2;1-3H;1-3H,(H2,5,7). The Balaban J connectivity index is 0.000000167. The van der Waals surface area contributed by atoms with Gasteiger partial charge < -0.3 is 25.0 Å². The molecule has 10 heterocycles. The van der Waals surface area contributed by atoms with Crippen molar-refractivity contribution in [2.45, 2.75) is 24.2 Å². The summed E-state index contributed by atoms with van der Waals surface area (Å²) >= 11 is 8.74. The first kappa shape index (κ1) is 55.4. The van der Waals surface area contributed by atoms with Crippen LogP contribution in [0.3, 0.4) is 0 Å². The number of rotatable bonds is 9. The van der Waals surface area contributed by atoms with Gasteiger partial charge in [-0.25, -0.2) is 43.1 Å². The number of hydrogen-bond donors (Lipinski definition) is 2. The number of anilines is 5. The lowest BCUT2D eigenvalue weighted by Crippen LogP contribution is -2.18. The van der Waals surface area contributed by atoms with Gasteiger partial charge in [0.15, 0.2) is 5.82 Å². The Hall–Kier alpha value is -7.90. The van der Waals surface area contributed by atoms with Crippen molar-refractivity contribution in [3.8, 4) is 21.4 Å². The quantitative estimate of drug-likeness (QED) is 0.0776. The van der Waals surface area contributed by atoms with E-state index in [2.05, 4.69) is 111 Å². The molecule has 0 bridgehead atoms. The van der Waals surface area contributed by atoms with Gasteiger partial charge in [0.2, 0.25) is 11.6 Å². The highest BCUT2D eigenvalue weighted by Crippen LogP contribution is 2.34. The lowest BCUT2D eigenvalue weighted by atomic mass is 10.3. The molecule has 0 aliphatic carbocycles. The number of nitrogens with two attached hydrogens (primary N) is 1. The first-order valence-corrected chi connectivity index (χ1v) is 23.6. The zero-order chi connectivity index (χ0) is 53.1. The molecule has 0 aliphatic heterocycles. The van der Waals surface area contributed by atoms with Gasteiger partial charge in [0, 0.05) is 89.1 Å². The van der Waals surface area contributed by atoms with Gasteiger partial charge in [0.25, 0.3) is 0 Å². The fourth-order valence-corrected chi connectivity index (χ4v) is 7.67. The topological polar surface area (TPSA) is 235 Å². The molecule has 382 valence electrons. The molecule has 0 unspecified atom stereocenters. The van der Waals surface area contributed by atoms with Gasteiger partial charge in [-0.15, -0.1) is 22.7 Å². The van der Waals surface area contributed by atoms with Gasteiger partial charge in [-0.05, 0) is 58.4 Å². The molecule has 18 nitrogen and oxygen atoms in total. The van der Waals surface area contributed by atoms with E-state index in [0.29, 0.717) is 48.8 Å². The van der Waals surface area contributed by atoms with Crippen molar-refractivity contribution in [3.05, 3.63) is 179 Å². The molecule has 0 radical (unpaired) electrons. The highest BCUT2D eigenvalue weighted by molar-refractivity contribution is 9.10. The van der Waals surface area contributed by atoms with E-state index < -0.39 is 30.0 Å². The largest absolute Gasteiger partial charge is 0.471 e. The summed E-state index contributed by atoms with van der Waals surface area (Å²) in [5, 5.41) is 10.1. The van der Waals surface area contributed by atoms with E-state index in [1.165, 1.54) is 109 Å². The Bertz CT molecular complexity index is 3250. The van der Waals surface area contributed by atoms with E-state index in [9.17, 15) is 39.5 Å². The number of thiophene rings is 2. The molecule has 10 aromatic rings. The van der Waals surface area contributed by atoms with Crippen molar-refractivity contribution in [3.63, 3.8) is 0 Å². The number of alkyl halides is 7. The summed E-state index contributed by atoms with van der Waals surface area (Å²) in [4.78, 5) is 46.2. The summed E-state index contributed by atoms with van der Waals surface area (Å²) in [6, 6.07) is 14.4. The predicted molar refractivity (Wildman–Crippen MR) is 258 cm³/mol. The van der Waals surface area contributed by atoms with E-state index in [4.69, 9.17) is 5.73 Å². The number of halogens is 11. The van der Waals surface area contributed by atoms with Crippen molar-refractivity contribution >= 4 is 83.6 Å². The van der Waals surface area contributed by atoms with Crippen LogP contribution in [0.1, 0.15) is 21.5 Å². The summed E-state index contributed by atoms with van der Waals surface area (Å²) in [6.07, 6.45) is 8.55. The fraction of sp³-hybridized carbons (Fsp3) is 0.0930. The van der Waals surface area contributed by atoms with Crippen LogP contribution in [0.4, 0.5) is 68.6 Å². The van der Waals surface area contributed by atoms with E-state index >= 15 is 0 Å². The van der Waals surface area contributed by atoms with Crippen LogP contribution in [-0.2, 0) is 24.2 Å². The van der Waals surface area contributed by atoms with Crippen molar-refractivity contribution < 1.29 is 48.6 Å². The normalized spacial score (nSPS) is 10.8. The Morgan fingerprint density at radius 1 is 0.554 bits per heavy atom. The number of nitrogens with one attached hydrogen (secondary N) is 1. The molecule has 10 rings (SSSR count). The molecule has 0 saturated heterocycles. The molecular weight excluding hydrogens is 1170 g/mol. The van der Waals surface area contributed by atoms with Crippen molar-refractivity contribution in [2.75, 3.05) is 16.0 Å². The Kier molecular flexibility index (Phi) is 20.0. The second-order valence-corrected chi connectivity index (χ2v) is 17.2. The number of nitrogens with zero attached hydrogens (tertiary/aromatic N) is 14. The van der Waals surface area contributed by atoms with E-state index in [1.54, 1.807) is 54.0 Å². The molecule has 0 atom stereocenters. The van der Waals surface area contributed by atoms with Gasteiger partial charge in [0.1, 0.15) is 45.3 Å². The number of pyridine rings is 3. The second-order valence-electron chi connectivity index (χ2n) is 13.5. The van der Waals surface area contributed by atoms with Gasteiger partial charge in [-0.1, -0.05) is 26.2 Å². The van der Waals surface area contributed by atoms with Crippen molar-refractivity contribution in [2.24, 2.45) is 0 Å². The third-order valence-electron chi connectivity index (χ3n) is 8.17. The van der Waals surface area contributed by atoms with E-state index in [0.717, 1.165) is 9.75 Å². The average Bonchev–Trinajstić information content (AvgIpc) is 4.23. The molecule has 0 spiro atoms. The first-order valence-electron chi connectivity index (χ1n) is 20.1. The fourth-order valence-electron chi connectivity index (χ4n) is 5.09. The van der Waals surface area contributed by atoms with Crippen LogP contribution in [-0.4, -0.2) is 65.1 Å². The molecule has 0 saturated carbocycles. The molecule has 3 N–H and O–H groups in total. The van der Waals surface area contributed by atoms with Crippen LogP contribution in [0.25, 0.3) is 21.4 Å². The maximum Gasteiger partial charge on any atom is 0.471 e. The lowest BCUT2D eigenvalue weighted by molar-refractivity contribution is -0.160. The van der Waals surface area contributed by atoms with Crippen LogP contribution in [0, 0.1) is 17.5 Å². The highest BCUT2D eigenvalue weighted by Gasteiger charge is 2.39. The highest BCUT2D eigenvalue weighted by atomic mass is 79.9. The molecule has 0 fully saturated rings. The molecule has 0 amide bonds. The number of aromatic nitrogens is 13. The third-order valence-corrected chi connectivity index (χ3v) is 11.7. The Morgan fingerprint density at radius 2 is 1.07 bits per heavy atom.